The van der Waals surface area contributed by atoms with E-state index in [9.17, 15) is 4.79 Å². The third-order valence-corrected chi connectivity index (χ3v) is 5.28. The Morgan fingerprint density at radius 1 is 1.29 bits per heavy atom. The molecule has 2 aliphatic heterocycles. The molecular weight excluding hydrogens is 212 g/mol. The van der Waals surface area contributed by atoms with Crippen LogP contribution in [0.15, 0.2) is 0 Å². The van der Waals surface area contributed by atoms with E-state index in [4.69, 9.17) is 0 Å². The Morgan fingerprint density at radius 2 is 2.12 bits per heavy atom. The van der Waals surface area contributed by atoms with E-state index in [0.717, 1.165) is 32.0 Å². The molecule has 3 heteroatoms. The molecule has 0 aromatic rings. The number of hydrogen-bond donors (Lipinski definition) is 1. The highest BCUT2D eigenvalue weighted by atomic mass is 16.2. The SMILES string of the molecule is CC1(C)CCCC1C(=O)N1CC[C@H]2CNC[C@H]21. The van der Waals surface area contributed by atoms with Crippen LogP contribution in [0.4, 0.5) is 0 Å². The van der Waals surface area contributed by atoms with Crippen LogP contribution in [0, 0.1) is 17.3 Å². The molecule has 1 saturated carbocycles. The average Bonchev–Trinajstić information content (AvgIpc) is 2.89. The third kappa shape index (κ3) is 1.79. The van der Waals surface area contributed by atoms with Gasteiger partial charge in [-0.05, 0) is 30.6 Å². The van der Waals surface area contributed by atoms with E-state index in [0.29, 0.717) is 11.9 Å². The van der Waals surface area contributed by atoms with E-state index in [1.54, 1.807) is 0 Å². The maximum atomic E-state index is 12.7. The Kier molecular flexibility index (Phi) is 2.69. The number of carbonyl (C=O) groups is 1. The summed E-state index contributed by atoms with van der Waals surface area (Å²) in [5.74, 6) is 1.45. The van der Waals surface area contributed by atoms with Crippen molar-refractivity contribution in [3.05, 3.63) is 0 Å². The van der Waals surface area contributed by atoms with Gasteiger partial charge in [0.1, 0.15) is 0 Å². The lowest BCUT2D eigenvalue weighted by Gasteiger charge is -2.32. The summed E-state index contributed by atoms with van der Waals surface area (Å²) in [6, 6.07) is 0.499. The van der Waals surface area contributed by atoms with Crippen molar-refractivity contribution < 1.29 is 4.79 Å². The zero-order valence-corrected chi connectivity index (χ0v) is 11.0. The van der Waals surface area contributed by atoms with Crippen molar-refractivity contribution in [1.29, 1.82) is 0 Å². The molecule has 1 amide bonds. The van der Waals surface area contributed by atoms with Crippen LogP contribution in [-0.2, 0) is 4.79 Å². The van der Waals surface area contributed by atoms with Crippen LogP contribution in [0.3, 0.4) is 0 Å². The average molecular weight is 236 g/mol. The Morgan fingerprint density at radius 3 is 2.82 bits per heavy atom. The molecule has 1 N–H and O–H groups in total. The largest absolute Gasteiger partial charge is 0.338 e. The molecule has 2 heterocycles. The van der Waals surface area contributed by atoms with Crippen molar-refractivity contribution >= 4 is 5.91 Å². The first-order valence-electron chi connectivity index (χ1n) is 7.11. The van der Waals surface area contributed by atoms with Crippen LogP contribution in [0.2, 0.25) is 0 Å². The van der Waals surface area contributed by atoms with Crippen LogP contribution < -0.4 is 5.32 Å². The maximum Gasteiger partial charge on any atom is 0.226 e. The lowest BCUT2D eigenvalue weighted by atomic mass is 9.81. The second-order valence-electron chi connectivity index (χ2n) is 6.74. The highest BCUT2D eigenvalue weighted by Gasteiger charge is 2.46. The van der Waals surface area contributed by atoms with Crippen LogP contribution in [0.1, 0.15) is 39.5 Å². The van der Waals surface area contributed by atoms with Crippen molar-refractivity contribution in [2.75, 3.05) is 19.6 Å². The smallest absolute Gasteiger partial charge is 0.226 e. The van der Waals surface area contributed by atoms with E-state index < -0.39 is 0 Å². The number of likely N-dealkylation sites (tertiary alicyclic amines) is 1. The molecule has 0 radical (unpaired) electrons. The van der Waals surface area contributed by atoms with Gasteiger partial charge >= 0.3 is 0 Å². The van der Waals surface area contributed by atoms with Gasteiger partial charge in [-0.15, -0.1) is 0 Å². The van der Waals surface area contributed by atoms with Gasteiger partial charge in [-0.1, -0.05) is 20.3 Å². The molecular formula is C14H24N2O. The fourth-order valence-corrected chi connectivity index (χ4v) is 4.11. The highest BCUT2D eigenvalue weighted by Crippen LogP contribution is 2.44. The van der Waals surface area contributed by atoms with Gasteiger partial charge in [-0.3, -0.25) is 4.79 Å². The van der Waals surface area contributed by atoms with Crippen LogP contribution in [0.5, 0.6) is 0 Å². The Hall–Kier alpha value is -0.570. The van der Waals surface area contributed by atoms with Crippen molar-refractivity contribution in [3.63, 3.8) is 0 Å². The van der Waals surface area contributed by atoms with Gasteiger partial charge in [-0.2, -0.15) is 0 Å². The van der Waals surface area contributed by atoms with E-state index in [1.807, 2.05) is 0 Å². The van der Waals surface area contributed by atoms with Crippen LogP contribution >= 0.6 is 0 Å². The first kappa shape index (κ1) is 11.5. The standard InChI is InChI=1S/C14H24N2O/c1-14(2)6-3-4-11(14)13(17)16-7-5-10-8-15-9-12(10)16/h10-12,15H,3-9H2,1-2H3/t10-,11?,12+/m0/s1. The molecule has 3 fully saturated rings. The number of hydrogen-bond acceptors (Lipinski definition) is 2. The number of nitrogens with zero attached hydrogens (tertiary/aromatic N) is 1. The second kappa shape index (κ2) is 3.98. The quantitative estimate of drug-likeness (QED) is 0.750. The fourth-order valence-electron chi connectivity index (χ4n) is 4.11. The molecule has 17 heavy (non-hydrogen) atoms. The van der Waals surface area contributed by atoms with Crippen molar-refractivity contribution in [3.8, 4) is 0 Å². The molecule has 3 nitrogen and oxygen atoms in total. The van der Waals surface area contributed by atoms with Crippen molar-refractivity contribution in [2.45, 2.75) is 45.6 Å². The van der Waals surface area contributed by atoms with Crippen LogP contribution in [-0.4, -0.2) is 36.5 Å². The zero-order valence-electron chi connectivity index (χ0n) is 11.0. The van der Waals surface area contributed by atoms with Gasteiger partial charge in [0.25, 0.3) is 0 Å². The van der Waals surface area contributed by atoms with Gasteiger partial charge in [0.15, 0.2) is 0 Å². The lowest BCUT2D eigenvalue weighted by Crippen LogP contribution is -2.44. The zero-order chi connectivity index (χ0) is 12.0. The first-order valence-corrected chi connectivity index (χ1v) is 7.11. The van der Waals surface area contributed by atoms with E-state index in [2.05, 4.69) is 24.1 Å². The Labute approximate surface area is 104 Å². The topological polar surface area (TPSA) is 32.3 Å². The molecule has 2 saturated heterocycles. The number of carbonyl (C=O) groups excluding carboxylic acids is 1. The Balaban J connectivity index is 1.74. The van der Waals surface area contributed by atoms with Crippen molar-refractivity contribution in [2.24, 2.45) is 17.3 Å². The minimum absolute atomic E-state index is 0.223. The summed E-state index contributed by atoms with van der Waals surface area (Å²) >= 11 is 0. The molecule has 3 atom stereocenters. The predicted molar refractivity (Wildman–Crippen MR) is 67.6 cm³/mol. The summed E-state index contributed by atoms with van der Waals surface area (Å²) in [6.07, 6.45) is 4.75. The highest BCUT2D eigenvalue weighted by molar-refractivity contribution is 5.80. The van der Waals surface area contributed by atoms with E-state index in [-0.39, 0.29) is 11.3 Å². The minimum atomic E-state index is 0.223. The number of amides is 1. The predicted octanol–water partition coefficient (Wildman–Crippen LogP) is 1.63. The lowest BCUT2D eigenvalue weighted by molar-refractivity contribution is -0.139. The summed E-state index contributed by atoms with van der Waals surface area (Å²) in [5.41, 5.74) is 0.223. The first-order chi connectivity index (χ1) is 8.09. The Bertz CT molecular complexity index is 326. The molecule has 1 unspecified atom stereocenters. The van der Waals surface area contributed by atoms with Gasteiger partial charge in [0.2, 0.25) is 5.91 Å². The molecule has 0 spiro atoms. The fraction of sp³-hybridized carbons (Fsp3) is 0.929. The van der Waals surface area contributed by atoms with E-state index >= 15 is 0 Å². The molecule has 3 rings (SSSR count). The van der Waals surface area contributed by atoms with E-state index in [1.165, 1.54) is 19.3 Å². The number of fused-ring (bicyclic) bond motifs is 1. The minimum Gasteiger partial charge on any atom is -0.338 e. The normalized spacial score (nSPS) is 39.6. The number of nitrogens with one attached hydrogen (secondary N) is 1. The van der Waals surface area contributed by atoms with Gasteiger partial charge < -0.3 is 10.2 Å². The maximum absolute atomic E-state index is 12.7. The summed E-state index contributed by atoms with van der Waals surface area (Å²) in [4.78, 5) is 14.9. The third-order valence-electron chi connectivity index (χ3n) is 5.28. The monoisotopic (exact) mass is 236 g/mol. The summed E-state index contributed by atoms with van der Waals surface area (Å²) < 4.78 is 0. The van der Waals surface area contributed by atoms with Gasteiger partial charge in [0, 0.05) is 31.6 Å². The van der Waals surface area contributed by atoms with Gasteiger partial charge in [-0.25, -0.2) is 0 Å². The number of rotatable bonds is 1. The van der Waals surface area contributed by atoms with Crippen molar-refractivity contribution in [1.82, 2.24) is 10.2 Å². The molecule has 1 aliphatic carbocycles. The molecule has 3 aliphatic rings. The molecule has 0 aromatic carbocycles. The second-order valence-corrected chi connectivity index (χ2v) is 6.74. The molecule has 96 valence electrons. The molecule has 0 aromatic heterocycles. The van der Waals surface area contributed by atoms with Gasteiger partial charge in [0.05, 0.1) is 0 Å². The molecule has 0 bridgehead atoms. The summed E-state index contributed by atoms with van der Waals surface area (Å²) in [6.45, 7) is 7.67. The van der Waals surface area contributed by atoms with Crippen LogP contribution in [0.25, 0.3) is 0 Å². The summed E-state index contributed by atoms with van der Waals surface area (Å²) in [5, 5.41) is 3.43. The summed E-state index contributed by atoms with van der Waals surface area (Å²) in [7, 11) is 0.